The van der Waals surface area contributed by atoms with Crippen molar-refractivity contribution in [2.45, 2.75) is 37.4 Å². The summed E-state index contributed by atoms with van der Waals surface area (Å²) in [6.07, 6.45) is -5.09. The van der Waals surface area contributed by atoms with Gasteiger partial charge in [0.15, 0.2) is 0 Å². The largest absolute Gasteiger partial charge is 0.388 e. The zero-order valence-corrected chi connectivity index (χ0v) is 14.5. The predicted molar refractivity (Wildman–Crippen MR) is 94.4 cm³/mol. The summed E-state index contributed by atoms with van der Waals surface area (Å²) in [7, 11) is 0. The molecular weight excluding hydrogens is 342 g/mol. The van der Waals surface area contributed by atoms with E-state index in [-0.39, 0.29) is 12.5 Å². The van der Waals surface area contributed by atoms with E-state index in [4.69, 9.17) is 4.74 Å². The van der Waals surface area contributed by atoms with Crippen LogP contribution in [0.3, 0.4) is 0 Å². The van der Waals surface area contributed by atoms with Crippen molar-refractivity contribution in [1.29, 1.82) is 0 Å². The minimum absolute atomic E-state index is 0.0483. The molecule has 6 nitrogen and oxygen atoms in total. The van der Waals surface area contributed by atoms with Crippen LogP contribution < -0.4 is 5.32 Å². The summed E-state index contributed by atoms with van der Waals surface area (Å²) < 4.78 is 5.47. The minimum Gasteiger partial charge on any atom is -0.388 e. The first-order valence-corrected chi connectivity index (χ1v) is 8.92. The van der Waals surface area contributed by atoms with Gasteiger partial charge in [-0.05, 0) is 24.6 Å². The molecule has 7 heteroatoms. The van der Waals surface area contributed by atoms with Gasteiger partial charge in [0.1, 0.15) is 24.4 Å². The monoisotopic (exact) mass is 363 g/mol. The molecule has 1 saturated heterocycles. The Morgan fingerprint density at radius 3 is 2.52 bits per heavy atom. The highest BCUT2D eigenvalue weighted by Crippen LogP contribution is 2.28. The lowest BCUT2D eigenvalue weighted by molar-refractivity contribution is -0.214. The molecule has 1 aliphatic rings. The Kier molecular flexibility index (Phi) is 5.51. The second-order valence-corrected chi connectivity index (χ2v) is 7.18. The van der Waals surface area contributed by atoms with E-state index >= 15 is 0 Å². The Bertz CT molecular complexity index is 719. The van der Waals surface area contributed by atoms with Crippen LogP contribution in [0.25, 0.3) is 10.4 Å². The fourth-order valence-corrected chi connectivity index (χ4v) is 3.73. The van der Waals surface area contributed by atoms with Crippen molar-refractivity contribution in [3.8, 4) is 10.4 Å². The Morgan fingerprint density at radius 1 is 1.08 bits per heavy atom. The van der Waals surface area contributed by atoms with Crippen molar-refractivity contribution < 1.29 is 24.9 Å². The number of aliphatic hydroxyl groups is 3. The number of hydrogen-bond acceptors (Lipinski definition) is 6. The van der Waals surface area contributed by atoms with Crippen molar-refractivity contribution in [2.24, 2.45) is 0 Å². The number of amides is 1. The number of rotatable bonds is 4. The first kappa shape index (κ1) is 18.0. The van der Waals surface area contributed by atoms with Crippen LogP contribution in [-0.2, 0) is 4.74 Å². The van der Waals surface area contributed by atoms with Crippen LogP contribution in [0.1, 0.15) is 16.6 Å². The third-order valence-corrected chi connectivity index (χ3v) is 5.44. The normalized spacial score (nSPS) is 29.4. The van der Waals surface area contributed by atoms with Crippen LogP contribution in [0.5, 0.6) is 0 Å². The zero-order chi connectivity index (χ0) is 18.0. The van der Waals surface area contributed by atoms with E-state index in [1.807, 2.05) is 36.4 Å². The molecule has 1 aliphatic heterocycles. The average molecular weight is 363 g/mol. The predicted octanol–water partition coefficient (Wildman–Crippen LogP) is 1.01. The smallest absolute Gasteiger partial charge is 0.261 e. The zero-order valence-electron chi connectivity index (χ0n) is 13.7. The maximum Gasteiger partial charge on any atom is 0.261 e. The third kappa shape index (κ3) is 3.91. The van der Waals surface area contributed by atoms with Crippen LogP contribution in [0.4, 0.5) is 0 Å². The van der Waals surface area contributed by atoms with Gasteiger partial charge in [-0.1, -0.05) is 30.3 Å². The molecule has 0 radical (unpaired) electrons. The average Bonchev–Trinajstić information content (AvgIpc) is 3.12. The topological polar surface area (TPSA) is 99.0 Å². The van der Waals surface area contributed by atoms with Crippen molar-refractivity contribution in [2.75, 3.05) is 6.54 Å². The lowest BCUT2D eigenvalue weighted by atomic mass is 9.95. The number of thiophene rings is 1. The highest BCUT2D eigenvalue weighted by molar-refractivity contribution is 7.17. The van der Waals surface area contributed by atoms with Gasteiger partial charge in [-0.3, -0.25) is 4.79 Å². The van der Waals surface area contributed by atoms with E-state index in [9.17, 15) is 20.1 Å². The summed E-state index contributed by atoms with van der Waals surface area (Å²) in [5, 5.41) is 32.2. The highest BCUT2D eigenvalue weighted by Gasteiger charge is 2.41. The molecule has 3 unspecified atom stereocenters. The van der Waals surface area contributed by atoms with Crippen LogP contribution in [0, 0.1) is 0 Å². The van der Waals surface area contributed by atoms with E-state index in [0.29, 0.717) is 4.88 Å². The molecule has 1 aromatic carbocycles. The van der Waals surface area contributed by atoms with Gasteiger partial charge in [0.05, 0.1) is 11.0 Å². The molecular formula is C18H21NO5S. The van der Waals surface area contributed by atoms with Crippen LogP contribution in [-0.4, -0.2) is 58.3 Å². The van der Waals surface area contributed by atoms with Gasteiger partial charge in [-0.2, -0.15) is 0 Å². The second-order valence-electron chi connectivity index (χ2n) is 6.09. The quantitative estimate of drug-likeness (QED) is 0.650. The van der Waals surface area contributed by atoms with Gasteiger partial charge in [0.2, 0.25) is 0 Å². The molecule has 2 aromatic rings. The summed E-state index contributed by atoms with van der Waals surface area (Å²) in [5.74, 6) is -0.267. The standard InChI is InChI=1S/C18H21NO5S/c1-10-15(20)17(22)16(21)12(24-10)9-19-18(23)14-8-7-13(25-14)11-5-3-2-4-6-11/h2-8,10,12,15-17,20-22H,9H2,1H3,(H,19,23)/t10?,12-,15-,16?,17?/m1/s1. The van der Waals surface area contributed by atoms with Crippen molar-refractivity contribution in [1.82, 2.24) is 5.32 Å². The Morgan fingerprint density at radius 2 is 1.80 bits per heavy atom. The fraction of sp³-hybridized carbons (Fsp3) is 0.389. The number of hydrogen-bond donors (Lipinski definition) is 4. The van der Waals surface area contributed by atoms with E-state index in [1.54, 1.807) is 13.0 Å². The van der Waals surface area contributed by atoms with Gasteiger partial charge in [0, 0.05) is 11.4 Å². The molecule has 0 spiro atoms. The Labute approximate surface area is 149 Å². The Hall–Kier alpha value is -1.77. The number of nitrogens with one attached hydrogen (secondary N) is 1. The fourth-order valence-electron chi connectivity index (χ4n) is 2.80. The molecule has 5 atom stereocenters. The van der Waals surface area contributed by atoms with Gasteiger partial charge < -0.3 is 25.4 Å². The summed E-state index contributed by atoms with van der Waals surface area (Å²) in [4.78, 5) is 13.9. The van der Waals surface area contributed by atoms with Gasteiger partial charge in [0.25, 0.3) is 5.91 Å². The number of benzene rings is 1. The van der Waals surface area contributed by atoms with E-state index in [1.165, 1.54) is 11.3 Å². The highest BCUT2D eigenvalue weighted by atomic mass is 32.1. The number of carbonyl (C=O) groups is 1. The number of ether oxygens (including phenoxy) is 1. The SMILES string of the molecule is CC1O[C@H](CNC(=O)c2ccc(-c3ccccc3)s2)C(O)C(O)[C@@H]1O. The lowest BCUT2D eigenvalue weighted by Gasteiger charge is -2.39. The van der Waals surface area contributed by atoms with Crippen LogP contribution in [0.15, 0.2) is 42.5 Å². The number of carbonyl (C=O) groups excluding carboxylic acids is 1. The maximum absolute atomic E-state index is 12.3. The van der Waals surface area contributed by atoms with Crippen molar-refractivity contribution in [3.63, 3.8) is 0 Å². The van der Waals surface area contributed by atoms with Crippen LogP contribution in [0.2, 0.25) is 0 Å². The lowest BCUT2D eigenvalue weighted by Crippen LogP contribution is -2.59. The molecule has 1 aromatic heterocycles. The van der Waals surface area contributed by atoms with Gasteiger partial charge >= 0.3 is 0 Å². The van der Waals surface area contributed by atoms with Gasteiger partial charge in [-0.15, -0.1) is 11.3 Å². The summed E-state index contributed by atoms with van der Waals surface area (Å²) in [6.45, 7) is 1.66. The number of aliphatic hydroxyl groups excluding tert-OH is 3. The van der Waals surface area contributed by atoms with Crippen molar-refractivity contribution >= 4 is 17.2 Å². The second kappa shape index (κ2) is 7.63. The molecule has 0 bridgehead atoms. The molecule has 134 valence electrons. The van der Waals surface area contributed by atoms with Gasteiger partial charge in [-0.25, -0.2) is 0 Å². The molecule has 0 saturated carbocycles. The molecule has 0 aliphatic carbocycles. The molecule has 2 heterocycles. The molecule has 4 N–H and O–H groups in total. The minimum atomic E-state index is -1.29. The van der Waals surface area contributed by atoms with Crippen molar-refractivity contribution in [3.05, 3.63) is 47.3 Å². The van der Waals surface area contributed by atoms with E-state index in [0.717, 1.165) is 10.4 Å². The van der Waals surface area contributed by atoms with E-state index < -0.39 is 30.5 Å². The van der Waals surface area contributed by atoms with Crippen LogP contribution >= 0.6 is 11.3 Å². The summed E-state index contributed by atoms with van der Waals surface area (Å²) in [5.41, 5.74) is 1.04. The Balaban J connectivity index is 1.61. The molecule has 25 heavy (non-hydrogen) atoms. The molecule has 3 rings (SSSR count). The summed E-state index contributed by atoms with van der Waals surface area (Å²) in [6, 6.07) is 13.4. The first-order chi connectivity index (χ1) is 12.0. The first-order valence-electron chi connectivity index (χ1n) is 8.10. The van der Waals surface area contributed by atoms with E-state index in [2.05, 4.69) is 5.32 Å². The third-order valence-electron chi connectivity index (χ3n) is 4.30. The molecule has 1 amide bonds. The maximum atomic E-state index is 12.3. The summed E-state index contributed by atoms with van der Waals surface area (Å²) >= 11 is 1.38. The molecule has 1 fully saturated rings.